The van der Waals surface area contributed by atoms with E-state index in [0.29, 0.717) is 23.9 Å². The molecule has 8 heteroatoms. The van der Waals surface area contributed by atoms with E-state index in [2.05, 4.69) is 15.6 Å². The van der Waals surface area contributed by atoms with E-state index >= 15 is 0 Å². The number of carbonyl (C=O) groups excluding carboxylic acids is 2. The fraction of sp³-hybridized carbons (Fsp3) is 0.211. The molecule has 1 aromatic carbocycles. The maximum atomic E-state index is 12.2. The molecule has 0 spiro atoms. The maximum Gasteiger partial charge on any atom is 0.328 e. The Morgan fingerprint density at radius 1 is 1.15 bits per heavy atom. The van der Waals surface area contributed by atoms with Crippen molar-refractivity contribution in [3.63, 3.8) is 0 Å². The molecule has 0 saturated carbocycles. The second kappa shape index (κ2) is 7.77. The first-order valence-electron chi connectivity index (χ1n) is 8.49. The Morgan fingerprint density at radius 2 is 1.93 bits per heavy atom. The van der Waals surface area contributed by atoms with Crippen LogP contribution >= 0.6 is 0 Å². The summed E-state index contributed by atoms with van der Waals surface area (Å²) < 4.78 is 7.45. The van der Waals surface area contributed by atoms with Gasteiger partial charge in [0.25, 0.3) is 0 Å². The molecule has 3 rings (SSSR count). The van der Waals surface area contributed by atoms with Crippen molar-refractivity contribution in [2.75, 3.05) is 26.0 Å². The molecule has 2 N–H and O–H groups in total. The van der Waals surface area contributed by atoms with Gasteiger partial charge in [-0.3, -0.25) is 9.88 Å². The van der Waals surface area contributed by atoms with Crippen LogP contribution in [0.15, 0.2) is 48.8 Å². The quantitative estimate of drug-likeness (QED) is 0.739. The largest absolute Gasteiger partial charge is 0.457 e. The molecular formula is C19H21N5O3. The van der Waals surface area contributed by atoms with Gasteiger partial charge in [0.2, 0.25) is 0 Å². The highest BCUT2D eigenvalue weighted by Crippen LogP contribution is 2.27. The Hall–Kier alpha value is -3.55. The Bertz CT molecular complexity index is 980. The molecule has 0 saturated heterocycles. The average molecular weight is 367 g/mol. The van der Waals surface area contributed by atoms with Crippen LogP contribution < -0.4 is 15.4 Å². The van der Waals surface area contributed by atoms with Crippen molar-refractivity contribution in [1.29, 1.82) is 0 Å². The predicted octanol–water partition coefficient (Wildman–Crippen LogP) is 3.50. The molecular weight excluding hydrogens is 346 g/mol. The third kappa shape index (κ3) is 4.17. The van der Waals surface area contributed by atoms with Crippen LogP contribution in [0.3, 0.4) is 0 Å². The number of ether oxygens (including phenoxy) is 1. The average Bonchev–Trinajstić information content (AvgIpc) is 3.04. The summed E-state index contributed by atoms with van der Waals surface area (Å²) in [4.78, 5) is 29.4. The van der Waals surface area contributed by atoms with Crippen LogP contribution in [0.25, 0.3) is 10.9 Å². The normalized spacial score (nSPS) is 10.5. The van der Waals surface area contributed by atoms with Crippen LogP contribution in [-0.4, -0.2) is 47.2 Å². The standard InChI is InChI=1S/C19H21N5O3/c1-4-20-18(25)22-17-12-15(7-9-21-17)27-14-5-6-16-13(11-14)8-10-24(16)19(26)23(2)3/h5-12H,4H2,1-3H3,(H2,20,21,22,25). The van der Waals surface area contributed by atoms with Gasteiger partial charge < -0.3 is 15.0 Å². The van der Waals surface area contributed by atoms with Gasteiger partial charge in [-0.2, -0.15) is 0 Å². The first kappa shape index (κ1) is 18.2. The molecule has 0 aliphatic carbocycles. The number of anilines is 1. The van der Waals surface area contributed by atoms with Gasteiger partial charge in [-0.25, -0.2) is 14.6 Å². The van der Waals surface area contributed by atoms with Gasteiger partial charge in [0.15, 0.2) is 0 Å². The number of rotatable bonds is 4. The minimum Gasteiger partial charge on any atom is -0.457 e. The Morgan fingerprint density at radius 3 is 2.67 bits per heavy atom. The number of hydrogen-bond donors (Lipinski definition) is 2. The smallest absolute Gasteiger partial charge is 0.328 e. The topological polar surface area (TPSA) is 88.5 Å². The molecule has 0 fully saturated rings. The molecule has 0 bridgehead atoms. The van der Waals surface area contributed by atoms with Crippen molar-refractivity contribution in [1.82, 2.24) is 19.8 Å². The minimum absolute atomic E-state index is 0.117. The van der Waals surface area contributed by atoms with E-state index < -0.39 is 0 Å². The van der Waals surface area contributed by atoms with E-state index in [1.165, 1.54) is 4.90 Å². The number of nitrogens with one attached hydrogen (secondary N) is 2. The van der Waals surface area contributed by atoms with E-state index in [1.54, 1.807) is 49.3 Å². The summed E-state index contributed by atoms with van der Waals surface area (Å²) in [6.07, 6.45) is 3.29. The van der Waals surface area contributed by atoms with Gasteiger partial charge in [-0.05, 0) is 37.3 Å². The molecule has 3 amide bonds. The van der Waals surface area contributed by atoms with Crippen molar-refractivity contribution in [2.45, 2.75) is 6.92 Å². The molecule has 0 aliphatic heterocycles. The van der Waals surface area contributed by atoms with Crippen LogP contribution in [0.5, 0.6) is 11.5 Å². The number of hydrogen-bond acceptors (Lipinski definition) is 4. The van der Waals surface area contributed by atoms with E-state index in [9.17, 15) is 9.59 Å². The Balaban J connectivity index is 1.79. The van der Waals surface area contributed by atoms with Gasteiger partial charge in [-0.15, -0.1) is 0 Å². The number of amides is 3. The van der Waals surface area contributed by atoms with E-state index in [4.69, 9.17) is 4.74 Å². The van der Waals surface area contributed by atoms with Gasteiger partial charge in [-0.1, -0.05) is 0 Å². The van der Waals surface area contributed by atoms with Crippen molar-refractivity contribution in [3.05, 3.63) is 48.8 Å². The number of pyridine rings is 1. The molecule has 2 aromatic heterocycles. The summed E-state index contributed by atoms with van der Waals surface area (Å²) in [5.74, 6) is 1.55. The molecule has 3 aromatic rings. The second-order valence-corrected chi connectivity index (χ2v) is 6.05. The van der Waals surface area contributed by atoms with Crippen LogP contribution in [0, 0.1) is 0 Å². The molecule has 8 nitrogen and oxygen atoms in total. The summed E-state index contributed by atoms with van der Waals surface area (Å²) >= 11 is 0. The molecule has 0 atom stereocenters. The lowest BCUT2D eigenvalue weighted by molar-refractivity contribution is 0.220. The molecule has 0 unspecified atom stereocenters. The zero-order valence-corrected chi connectivity index (χ0v) is 15.4. The van der Waals surface area contributed by atoms with Crippen LogP contribution in [0.1, 0.15) is 6.92 Å². The second-order valence-electron chi connectivity index (χ2n) is 6.05. The summed E-state index contributed by atoms with van der Waals surface area (Å²) in [5.41, 5.74) is 0.800. The van der Waals surface area contributed by atoms with Gasteiger partial charge >= 0.3 is 12.1 Å². The SMILES string of the molecule is CCNC(=O)Nc1cc(Oc2ccc3c(ccn3C(=O)N(C)C)c2)ccn1. The lowest BCUT2D eigenvalue weighted by atomic mass is 10.2. The molecule has 2 heterocycles. The zero-order chi connectivity index (χ0) is 19.4. The lowest BCUT2D eigenvalue weighted by Crippen LogP contribution is -2.28. The number of aromatic nitrogens is 2. The van der Waals surface area contributed by atoms with Crippen molar-refractivity contribution < 1.29 is 14.3 Å². The van der Waals surface area contributed by atoms with Gasteiger partial charge in [0.1, 0.15) is 17.3 Å². The number of carbonyl (C=O) groups is 2. The third-order valence-electron chi connectivity index (χ3n) is 3.80. The first-order chi connectivity index (χ1) is 13.0. The summed E-state index contributed by atoms with van der Waals surface area (Å²) in [7, 11) is 3.42. The number of nitrogens with zero attached hydrogens (tertiary/aromatic N) is 3. The number of benzene rings is 1. The van der Waals surface area contributed by atoms with Gasteiger partial charge in [0.05, 0.1) is 5.52 Å². The van der Waals surface area contributed by atoms with Crippen molar-refractivity contribution in [2.24, 2.45) is 0 Å². The molecule has 0 radical (unpaired) electrons. The minimum atomic E-state index is -0.324. The van der Waals surface area contributed by atoms with E-state index in [0.717, 1.165) is 10.9 Å². The summed E-state index contributed by atoms with van der Waals surface area (Å²) in [6.45, 7) is 2.36. The predicted molar refractivity (Wildman–Crippen MR) is 103 cm³/mol. The Labute approximate surface area is 156 Å². The van der Waals surface area contributed by atoms with Crippen molar-refractivity contribution >= 4 is 28.8 Å². The van der Waals surface area contributed by atoms with E-state index in [-0.39, 0.29) is 12.1 Å². The van der Waals surface area contributed by atoms with Gasteiger partial charge in [0, 0.05) is 44.5 Å². The monoisotopic (exact) mass is 367 g/mol. The van der Waals surface area contributed by atoms with Crippen LogP contribution in [-0.2, 0) is 0 Å². The maximum absolute atomic E-state index is 12.2. The van der Waals surface area contributed by atoms with Crippen molar-refractivity contribution in [3.8, 4) is 11.5 Å². The zero-order valence-electron chi connectivity index (χ0n) is 15.4. The van der Waals surface area contributed by atoms with Crippen LogP contribution in [0.4, 0.5) is 15.4 Å². The summed E-state index contributed by atoms with van der Waals surface area (Å²) in [6, 6.07) is 10.2. The molecule has 27 heavy (non-hydrogen) atoms. The van der Waals surface area contributed by atoms with E-state index in [1.807, 2.05) is 25.1 Å². The third-order valence-corrected chi connectivity index (χ3v) is 3.80. The first-order valence-corrected chi connectivity index (χ1v) is 8.49. The number of urea groups is 1. The summed E-state index contributed by atoms with van der Waals surface area (Å²) in [5, 5.41) is 6.16. The Kier molecular flexibility index (Phi) is 5.25. The highest BCUT2D eigenvalue weighted by atomic mass is 16.5. The highest BCUT2D eigenvalue weighted by Gasteiger charge is 2.11. The highest BCUT2D eigenvalue weighted by molar-refractivity contribution is 5.92. The number of fused-ring (bicyclic) bond motifs is 1. The van der Waals surface area contributed by atoms with Crippen LogP contribution in [0.2, 0.25) is 0 Å². The lowest BCUT2D eigenvalue weighted by Gasteiger charge is -2.12. The fourth-order valence-corrected chi connectivity index (χ4v) is 2.57. The fourth-order valence-electron chi connectivity index (χ4n) is 2.57. The molecule has 0 aliphatic rings. The molecule has 140 valence electrons.